The number of nitrogens with one attached hydrogen (secondary N) is 1. The molecule has 5 rings (SSSR count). The molecule has 36 heavy (non-hydrogen) atoms. The molecule has 0 saturated heterocycles. The smallest absolute Gasteiger partial charge is 0.251 e. The molecule has 0 spiro atoms. The zero-order chi connectivity index (χ0) is 24.9. The Kier molecular flexibility index (Phi) is 6.62. The molecule has 1 N–H and O–H groups in total. The van der Waals surface area contributed by atoms with Crippen molar-refractivity contribution in [3.63, 3.8) is 0 Å². The second-order valence-corrected chi connectivity index (χ2v) is 8.69. The van der Waals surface area contributed by atoms with Gasteiger partial charge in [0, 0.05) is 36.8 Å². The number of hydrogen-bond donors (Lipinski definition) is 1. The first kappa shape index (κ1) is 23.1. The van der Waals surface area contributed by atoms with E-state index in [1.807, 2.05) is 72.2 Å². The first-order chi connectivity index (χ1) is 17.5. The van der Waals surface area contributed by atoms with E-state index < -0.39 is 0 Å². The number of ether oxygens (including phenoxy) is 1. The molecular formula is C29H26N4O3. The molecule has 180 valence electrons. The molecule has 0 bridgehead atoms. The van der Waals surface area contributed by atoms with E-state index in [0.717, 1.165) is 28.0 Å². The lowest BCUT2D eigenvalue weighted by Gasteiger charge is -2.09. The monoisotopic (exact) mass is 478 g/mol. The van der Waals surface area contributed by atoms with Crippen LogP contribution in [0.2, 0.25) is 0 Å². The number of hydrogen-bond acceptors (Lipinski definition) is 4. The number of carbonyl (C=O) groups is 1. The Balaban J connectivity index is 1.16. The Hall–Kier alpha value is -4.65. The van der Waals surface area contributed by atoms with Crippen LogP contribution >= 0.6 is 0 Å². The molecule has 0 aliphatic carbocycles. The number of amides is 1. The van der Waals surface area contributed by atoms with Crippen molar-refractivity contribution in [3.8, 4) is 5.75 Å². The largest absolute Gasteiger partial charge is 0.487 e. The molecule has 2 aromatic carbocycles. The van der Waals surface area contributed by atoms with Crippen molar-refractivity contribution in [2.45, 2.75) is 26.6 Å². The molecule has 0 aliphatic rings. The summed E-state index contributed by atoms with van der Waals surface area (Å²) < 4.78 is 9.53. The fourth-order valence-electron chi connectivity index (χ4n) is 3.94. The SMILES string of the molecule is Cc1ccc2nc(COc3cccc(C(=O)NCc4ccc(Cn5ccccc5=O)cc4)c3)cn2c1. The van der Waals surface area contributed by atoms with Gasteiger partial charge >= 0.3 is 0 Å². The number of fused-ring (bicyclic) bond motifs is 1. The molecule has 0 radical (unpaired) electrons. The molecule has 5 aromatic rings. The summed E-state index contributed by atoms with van der Waals surface area (Å²) in [5.41, 5.74) is 5.33. The average molecular weight is 479 g/mol. The van der Waals surface area contributed by atoms with Crippen LogP contribution in [0.3, 0.4) is 0 Å². The van der Waals surface area contributed by atoms with Crippen molar-refractivity contribution >= 4 is 11.6 Å². The number of pyridine rings is 2. The van der Waals surface area contributed by atoms with Crippen molar-refractivity contribution in [2.75, 3.05) is 0 Å². The highest BCUT2D eigenvalue weighted by Gasteiger charge is 2.08. The lowest BCUT2D eigenvalue weighted by Crippen LogP contribution is -2.22. The molecule has 7 nitrogen and oxygen atoms in total. The lowest BCUT2D eigenvalue weighted by molar-refractivity contribution is 0.0950. The molecule has 3 aromatic heterocycles. The van der Waals surface area contributed by atoms with Gasteiger partial charge in [-0.15, -0.1) is 0 Å². The van der Waals surface area contributed by atoms with Gasteiger partial charge in [-0.05, 0) is 53.9 Å². The third kappa shape index (κ3) is 5.52. The van der Waals surface area contributed by atoms with Gasteiger partial charge < -0.3 is 19.0 Å². The van der Waals surface area contributed by atoms with Crippen molar-refractivity contribution in [1.29, 1.82) is 0 Å². The highest BCUT2D eigenvalue weighted by atomic mass is 16.5. The quantitative estimate of drug-likeness (QED) is 0.360. The van der Waals surface area contributed by atoms with E-state index in [4.69, 9.17) is 4.74 Å². The molecule has 1 amide bonds. The molecular weight excluding hydrogens is 452 g/mol. The summed E-state index contributed by atoms with van der Waals surface area (Å²) in [6, 6.07) is 24.1. The van der Waals surface area contributed by atoms with Crippen molar-refractivity contribution in [1.82, 2.24) is 19.3 Å². The Morgan fingerprint density at radius 1 is 0.944 bits per heavy atom. The van der Waals surface area contributed by atoms with E-state index in [-0.39, 0.29) is 11.5 Å². The number of benzene rings is 2. The highest BCUT2D eigenvalue weighted by molar-refractivity contribution is 5.94. The van der Waals surface area contributed by atoms with Gasteiger partial charge in [-0.1, -0.05) is 42.5 Å². The number of imidazole rings is 1. The van der Waals surface area contributed by atoms with Crippen molar-refractivity contribution < 1.29 is 9.53 Å². The minimum absolute atomic E-state index is 0.0338. The van der Waals surface area contributed by atoms with Gasteiger partial charge in [0.15, 0.2) is 0 Å². The first-order valence-electron chi connectivity index (χ1n) is 11.7. The number of nitrogens with zero attached hydrogens (tertiary/aromatic N) is 3. The second-order valence-electron chi connectivity index (χ2n) is 8.69. The highest BCUT2D eigenvalue weighted by Crippen LogP contribution is 2.16. The van der Waals surface area contributed by atoms with Gasteiger partial charge in [-0.2, -0.15) is 0 Å². The molecule has 0 fully saturated rings. The minimum atomic E-state index is -0.177. The van der Waals surface area contributed by atoms with E-state index in [0.29, 0.717) is 31.0 Å². The molecule has 0 unspecified atom stereocenters. The second kappa shape index (κ2) is 10.3. The Morgan fingerprint density at radius 3 is 2.61 bits per heavy atom. The number of rotatable bonds is 8. The standard InChI is InChI=1S/C29H26N4O3/c1-21-8-13-27-31-25(19-33(27)17-21)20-36-26-6-4-5-24(15-26)29(35)30-16-22-9-11-23(12-10-22)18-32-14-3-2-7-28(32)34/h2-15,17,19H,16,18,20H2,1H3,(H,30,35). The zero-order valence-electron chi connectivity index (χ0n) is 19.9. The fraction of sp³-hybridized carbons (Fsp3) is 0.138. The summed E-state index contributed by atoms with van der Waals surface area (Å²) >= 11 is 0. The van der Waals surface area contributed by atoms with Crippen LogP contribution in [-0.4, -0.2) is 19.9 Å². The maximum absolute atomic E-state index is 12.7. The predicted molar refractivity (Wildman–Crippen MR) is 138 cm³/mol. The summed E-state index contributed by atoms with van der Waals surface area (Å²) in [6.07, 6.45) is 5.74. The van der Waals surface area contributed by atoms with Crippen LogP contribution < -0.4 is 15.6 Å². The van der Waals surface area contributed by atoms with Crippen molar-refractivity contribution in [2.24, 2.45) is 0 Å². The maximum atomic E-state index is 12.7. The maximum Gasteiger partial charge on any atom is 0.251 e. The number of aryl methyl sites for hydroxylation is 1. The molecule has 7 heteroatoms. The molecule has 0 aliphatic heterocycles. The van der Waals surface area contributed by atoms with Crippen LogP contribution in [-0.2, 0) is 19.7 Å². The van der Waals surface area contributed by atoms with E-state index >= 15 is 0 Å². The van der Waals surface area contributed by atoms with Crippen LogP contribution in [0, 0.1) is 6.92 Å². The van der Waals surface area contributed by atoms with Gasteiger partial charge in [0.2, 0.25) is 0 Å². The summed E-state index contributed by atoms with van der Waals surface area (Å²) in [4.78, 5) is 29.2. The molecule has 0 saturated carbocycles. The van der Waals surface area contributed by atoms with E-state index in [9.17, 15) is 9.59 Å². The van der Waals surface area contributed by atoms with Crippen LogP contribution in [0.4, 0.5) is 0 Å². The van der Waals surface area contributed by atoms with Crippen LogP contribution in [0.1, 0.15) is 32.7 Å². The van der Waals surface area contributed by atoms with Gasteiger partial charge in [0.1, 0.15) is 18.0 Å². The first-order valence-corrected chi connectivity index (χ1v) is 11.7. The molecule has 0 atom stereocenters. The van der Waals surface area contributed by atoms with Gasteiger partial charge in [0.05, 0.1) is 12.2 Å². The Labute approximate surface area is 208 Å². The average Bonchev–Trinajstić information content (AvgIpc) is 3.30. The van der Waals surface area contributed by atoms with Gasteiger partial charge in [-0.3, -0.25) is 9.59 Å². The van der Waals surface area contributed by atoms with E-state index in [1.54, 1.807) is 41.1 Å². The Morgan fingerprint density at radius 2 is 1.78 bits per heavy atom. The third-order valence-electron chi connectivity index (χ3n) is 5.86. The summed E-state index contributed by atoms with van der Waals surface area (Å²) in [5.74, 6) is 0.431. The lowest BCUT2D eigenvalue weighted by atomic mass is 10.1. The predicted octanol–water partition coefficient (Wildman–Crippen LogP) is 4.36. The van der Waals surface area contributed by atoms with Crippen molar-refractivity contribution in [3.05, 3.63) is 136 Å². The summed E-state index contributed by atoms with van der Waals surface area (Å²) in [7, 11) is 0. The van der Waals surface area contributed by atoms with Crippen LogP contribution in [0.25, 0.3) is 5.65 Å². The fourth-order valence-corrected chi connectivity index (χ4v) is 3.94. The van der Waals surface area contributed by atoms with Gasteiger partial charge in [-0.25, -0.2) is 4.98 Å². The summed E-state index contributed by atoms with van der Waals surface area (Å²) in [5, 5.41) is 2.95. The molecule has 3 heterocycles. The third-order valence-corrected chi connectivity index (χ3v) is 5.86. The van der Waals surface area contributed by atoms with Crippen LogP contribution in [0.5, 0.6) is 5.75 Å². The van der Waals surface area contributed by atoms with E-state index in [2.05, 4.69) is 10.3 Å². The number of aromatic nitrogens is 3. The van der Waals surface area contributed by atoms with Crippen LogP contribution in [0.15, 0.2) is 102 Å². The summed E-state index contributed by atoms with van der Waals surface area (Å²) in [6.45, 7) is 3.26. The number of carbonyl (C=O) groups excluding carboxylic acids is 1. The topological polar surface area (TPSA) is 77.6 Å². The normalized spacial score (nSPS) is 10.9. The minimum Gasteiger partial charge on any atom is -0.487 e. The van der Waals surface area contributed by atoms with Gasteiger partial charge in [0.25, 0.3) is 11.5 Å². The van der Waals surface area contributed by atoms with E-state index in [1.165, 1.54) is 0 Å². The zero-order valence-corrected chi connectivity index (χ0v) is 19.9. The Bertz CT molecular complexity index is 1570.